The molecule has 4 rings (SSSR count). The van der Waals surface area contributed by atoms with Crippen molar-refractivity contribution in [3.63, 3.8) is 0 Å². The number of aryl methyl sites for hydroxylation is 1. The average Bonchev–Trinajstić information content (AvgIpc) is 3.44. The molecule has 0 unspecified atom stereocenters. The average molecular weight is 512 g/mol. The molecule has 0 fully saturated rings. The molecule has 0 N–H and O–H groups in total. The molecule has 2 aromatic heterocycles. The number of fused-ring (bicyclic) bond motifs is 1. The summed E-state index contributed by atoms with van der Waals surface area (Å²) in [5.74, 6) is 2.73. The molecule has 0 saturated heterocycles. The van der Waals surface area contributed by atoms with Crippen molar-refractivity contribution in [2.75, 3.05) is 35.5 Å². The highest BCUT2D eigenvalue weighted by molar-refractivity contribution is 7.15. The van der Waals surface area contributed by atoms with Crippen molar-refractivity contribution in [1.29, 1.82) is 0 Å². The lowest BCUT2D eigenvalue weighted by Gasteiger charge is -2.12. The third-order valence-corrected chi connectivity index (χ3v) is 6.45. The van der Waals surface area contributed by atoms with Crippen LogP contribution in [0.25, 0.3) is 11.0 Å². The van der Waals surface area contributed by atoms with E-state index in [9.17, 15) is 9.59 Å². The molecule has 2 heterocycles. The standard InChI is InChI=1S/C25H25N3O7S/c1-31-15-6-8-18(32-2)16(13-15)17(29)7-9-22-26-25-28(27-22)24(30)21(36-25)12-14-10-19(33-3)23(35-5)20(11-14)34-4/h6,8,10-13H,7,9H2,1-5H3/b21-12-. The lowest BCUT2D eigenvalue weighted by atomic mass is 10.0. The van der Waals surface area contributed by atoms with Crippen LogP contribution in [0.4, 0.5) is 0 Å². The summed E-state index contributed by atoms with van der Waals surface area (Å²) in [5, 5.41) is 4.32. The Kier molecular flexibility index (Phi) is 7.39. The van der Waals surface area contributed by atoms with Crippen molar-refractivity contribution in [3.05, 3.63) is 62.2 Å². The van der Waals surface area contributed by atoms with E-state index < -0.39 is 0 Å². The van der Waals surface area contributed by atoms with Crippen molar-refractivity contribution in [2.45, 2.75) is 12.8 Å². The Morgan fingerprint density at radius 1 is 0.944 bits per heavy atom. The Hall–Kier alpha value is -4.12. The fraction of sp³-hybridized carbons (Fsp3) is 0.280. The Bertz CT molecular complexity index is 1500. The number of ether oxygens (including phenoxy) is 5. The molecule has 0 bridgehead atoms. The lowest BCUT2D eigenvalue weighted by molar-refractivity contribution is 0.0979. The van der Waals surface area contributed by atoms with Gasteiger partial charge in [-0.05, 0) is 42.0 Å². The number of hydrogen-bond donors (Lipinski definition) is 0. The van der Waals surface area contributed by atoms with Gasteiger partial charge in [0.25, 0.3) is 5.56 Å². The molecule has 0 saturated carbocycles. The van der Waals surface area contributed by atoms with E-state index >= 15 is 0 Å². The van der Waals surface area contributed by atoms with Gasteiger partial charge in [-0.3, -0.25) is 9.59 Å². The van der Waals surface area contributed by atoms with Crippen LogP contribution in [0.3, 0.4) is 0 Å². The number of aromatic nitrogens is 3. The van der Waals surface area contributed by atoms with Crippen LogP contribution in [-0.2, 0) is 6.42 Å². The first-order valence-corrected chi connectivity index (χ1v) is 11.7. The highest BCUT2D eigenvalue weighted by Gasteiger charge is 2.17. The molecule has 0 aliphatic heterocycles. The molecule has 10 nitrogen and oxygen atoms in total. The molecule has 0 radical (unpaired) electrons. The zero-order chi connectivity index (χ0) is 25.8. The van der Waals surface area contributed by atoms with Gasteiger partial charge in [-0.1, -0.05) is 11.3 Å². The molecule has 36 heavy (non-hydrogen) atoms. The van der Waals surface area contributed by atoms with Gasteiger partial charge >= 0.3 is 0 Å². The van der Waals surface area contributed by atoms with E-state index in [1.807, 2.05) is 0 Å². The summed E-state index contributed by atoms with van der Waals surface area (Å²) in [4.78, 5) is 30.6. The van der Waals surface area contributed by atoms with Crippen LogP contribution in [0, 0.1) is 0 Å². The molecule has 0 aliphatic carbocycles. The maximum absolute atomic E-state index is 12.9. The fourth-order valence-electron chi connectivity index (χ4n) is 3.71. The summed E-state index contributed by atoms with van der Waals surface area (Å²) in [6.07, 6.45) is 2.14. The van der Waals surface area contributed by atoms with E-state index in [2.05, 4.69) is 10.1 Å². The minimum atomic E-state index is -0.303. The number of thiazole rings is 1. The second-order valence-corrected chi connectivity index (χ2v) is 8.60. The Morgan fingerprint density at radius 2 is 1.64 bits per heavy atom. The van der Waals surface area contributed by atoms with Gasteiger partial charge in [0.2, 0.25) is 10.7 Å². The van der Waals surface area contributed by atoms with E-state index in [1.165, 1.54) is 51.4 Å². The predicted molar refractivity (Wildman–Crippen MR) is 134 cm³/mol. The first-order chi connectivity index (χ1) is 17.4. The highest BCUT2D eigenvalue weighted by atomic mass is 32.1. The molecule has 0 spiro atoms. The third-order valence-electron chi connectivity index (χ3n) is 5.49. The predicted octanol–water partition coefficient (Wildman–Crippen LogP) is 2.56. The largest absolute Gasteiger partial charge is 0.497 e. The lowest BCUT2D eigenvalue weighted by Crippen LogP contribution is -2.23. The topological polar surface area (TPSA) is 110 Å². The van der Waals surface area contributed by atoms with E-state index in [4.69, 9.17) is 23.7 Å². The first-order valence-electron chi connectivity index (χ1n) is 10.9. The molecule has 0 aliphatic rings. The molecule has 188 valence electrons. The number of ketones is 1. The maximum atomic E-state index is 12.9. The summed E-state index contributed by atoms with van der Waals surface area (Å²) in [6.45, 7) is 0. The second-order valence-electron chi connectivity index (χ2n) is 7.59. The summed E-state index contributed by atoms with van der Waals surface area (Å²) in [5.41, 5.74) is 0.817. The third kappa shape index (κ3) is 4.82. The van der Waals surface area contributed by atoms with Crippen LogP contribution in [0.2, 0.25) is 0 Å². The quantitative estimate of drug-likeness (QED) is 0.297. The van der Waals surface area contributed by atoms with Gasteiger partial charge in [-0.15, -0.1) is 5.10 Å². The zero-order valence-corrected chi connectivity index (χ0v) is 21.3. The van der Waals surface area contributed by atoms with Gasteiger partial charge < -0.3 is 23.7 Å². The second kappa shape index (κ2) is 10.6. The van der Waals surface area contributed by atoms with Gasteiger partial charge in [0.05, 0.1) is 45.6 Å². The summed E-state index contributed by atoms with van der Waals surface area (Å²) in [7, 11) is 7.62. The number of hydrogen-bond acceptors (Lipinski definition) is 10. The fourth-order valence-corrected chi connectivity index (χ4v) is 4.63. The summed E-state index contributed by atoms with van der Waals surface area (Å²) < 4.78 is 28.3. The molecular formula is C25H25N3O7S. The zero-order valence-electron chi connectivity index (χ0n) is 20.5. The van der Waals surface area contributed by atoms with Crippen molar-refractivity contribution in [2.24, 2.45) is 0 Å². The Labute approximate surface area is 210 Å². The molecule has 11 heteroatoms. The minimum Gasteiger partial charge on any atom is -0.497 e. The highest BCUT2D eigenvalue weighted by Crippen LogP contribution is 2.38. The Balaban J connectivity index is 1.58. The van der Waals surface area contributed by atoms with Crippen LogP contribution >= 0.6 is 11.3 Å². The van der Waals surface area contributed by atoms with E-state index in [-0.39, 0.29) is 24.2 Å². The summed E-state index contributed by atoms with van der Waals surface area (Å²) >= 11 is 1.21. The number of Topliss-reactive ketones (excluding diaryl/α,β-unsaturated/α-hetero) is 1. The van der Waals surface area contributed by atoms with Crippen LogP contribution in [0.5, 0.6) is 28.7 Å². The minimum absolute atomic E-state index is 0.136. The monoisotopic (exact) mass is 511 g/mol. The molecule has 4 aromatic rings. The van der Waals surface area contributed by atoms with Crippen molar-refractivity contribution in [1.82, 2.24) is 14.6 Å². The number of carbonyl (C=O) groups is 1. The maximum Gasteiger partial charge on any atom is 0.291 e. The number of benzene rings is 2. The van der Waals surface area contributed by atoms with Crippen molar-refractivity contribution < 1.29 is 28.5 Å². The number of rotatable bonds is 10. The molecule has 0 atom stereocenters. The molecular weight excluding hydrogens is 486 g/mol. The van der Waals surface area contributed by atoms with E-state index in [0.29, 0.717) is 55.2 Å². The van der Waals surface area contributed by atoms with Crippen molar-refractivity contribution >= 4 is 28.2 Å². The number of carbonyl (C=O) groups excluding carboxylic acids is 1. The van der Waals surface area contributed by atoms with Crippen LogP contribution in [-0.4, -0.2) is 55.9 Å². The normalized spacial score (nSPS) is 11.5. The molecule has 0 amide bonds. The van der Waals surface area contributed by atoms with Crippen LogP contribution < -0.4 is 33.8 Å². The van der Waals surface area contributed by atoms with Gasteiger partial charge in [0, 0.05) is 12.8 Å². The Morgan fingerprint density at radius 3 is 2.22 bits per heavy atom. The number of methoxy groups -OCH3 is 5. The summed E-state index contributed by atoms with van der Waals surface area (Å²) in [6, 6.07) is 8.55. The van der Waals surface area contributed by atoms with Crippen LogP contribution in [0.1, 0.15) is 28.2 Å². The number of nitrogens with zero attached hydrogens (tertiary/aromatic N) is 3. The van der Waals surface area contributed by atoms with Crippen molar-refractivity contribution in [3.8, 4) is 28.7 Å². The van der Waals surface area contributed by atoms with Gasteiger partial charge in [0.1, 0.15) is 11.5 Å². The van der Waals surface area contributed by atoms with E-state index in [1.54, 1.807) is 36.4 Å². The van der Waals surface area contributed by atoms with E-state index in [0.717, 1.165) is 0 Å². The van der Waals surface area contributed by atoms with Gasteiger partial charge in [-0.2, -0.15) is 4.52 Å². The SMILES string of the molecule is COc1ccc(OC)c(C(=O)CCc2nc3s/c(=C\c4cc(OC)c(OC)c(OC)c4)c(=O)n3n2)c1. The van der Waals surface area contributed by atoms with Crippen LogP contribution in [0.15, 0.2) is 35.1 Å². The van der Waals surface area contributed by atoms with Gasteiger partial charge in [-0.25, -0.2) is 4.98 Å². The smallest absolute Gasteiger partial charge is 0.291 e. The van der Waals surface area contributed by atoms with Gasteiger partial charge in [0.15, 0.2) is 23.1 Å². The molecule has 2 aromatic carbocycles. The first kappa shape index (κ1) is 25.0.